The largest absolute Gasteiger partial charge is 0.399 e. The molecule has 0 heterocycles. The summed E-state index contributed by atoms with van der Waals surface area (Å²) in [5.74, 6) is 0.374. The Hall–Kier alpha value is -1.02. The lowest BCUT2D eigenvalue weighted by molar-refractivity contribution is -0.123. The van der Waals surface area contributed by atoms with Crippen molar-refractivity contribution in [3.63, 3.8) is 0 Å². The van der Waals surface area contributed by atoms with E-state index in [2.05, 4.69) is 39.8 Å². The molecule has 0 aromatic heterocycles. The van der Waals surface area contributed by atoms with E-state index >= 15 is 0 Å². The van der Waals surface area contributed by atoms with Gasteiger partial charge in [0.05, 0.1) is 0 Å². The molecule has 2 rings (SSSR count). The van der Waals surface area contributed by atoms with Crippen molar-refractivity contribution in [1.82, 2.24) is 0 Å². The summed E-state index contributed by atoms with van der Waals surface area (Å²) in [6.07, 6.45) is 0.895. The summed E-state index contributed by atoms with van der Waals surface area (Å²) in [5, 5.41) is 0. The summed E-state index contributed by atoms with van der Waals surface area (Å²) in [6, 6.07) is 6.12. The zero-order chi connectivity index (χ0) is 13.7. The molecule has 0 saturated heterocycles. The molecule has 3 heteroatoms. The Labute approximate surface area is 122 Å². The van der Waals surface area contributed by atoms with Crippen LogP contribution in [0.15, 0.2) is 18.2 Å². The van der Waals surface area contributed by atoms with Crippen molar-refractivity contribution in [3.05, 3.63) is 29.3 Å². The maximum Gasteiger partial charge on any atom is 0.133 e. The third-order valence-electron chi connectivity index (χ3n) is 4.54. The van der Waals surface area contributed by atoms with Gasteiger partial charge in [-0.1, -0.05) is 33.8 Å². The minimum atomic E-state index is -0.107. The zero-order valence-electron chi connectivity index (χ0n) is 12.4. The van der Waals surface area contributed by atoms with E-state index in [0.717, 1.165) is 12.1 Å². The van der Waals surface area contributed by atoms with Gasteiger partial charge in [0, 0.05) is 11.6 Å². The number of hydrogen-bond acceptors (Lipinski definition) is 2. The second kappa shape index (κ2) is 4.82. The highest BCUT2D eigenvalue weighted by Crippen LogP contribution is 2.49. The van der Waals surface area contributed by atoms with Crippen molar-refractivity contribution in [2.24, 2.45) is 5.92 Å². The first-order valence-corrected chi connectivity index (χ1v) is 6.57. The second-order valence-electron chi connectivity index (χ2n) is 6.78. The number of Topliss-reactive ketones (excluding diaryl/α,β-unsaturated/α-hetero) is 1. The van der Waals surface area contributed by atoms with Crippen molar-refractivity contribution in [1.29, 1.82) is 0 Å². The maximum atomic E-state index is 12.0. The Bertz CT molecular complexity index is 505. The number of benzene rings is 1. The molecule has 1 atom stereocenters. The van der Waals surface area contributed by atoms with Crippen LogP contribution in [-0.2, 0) is 15.6 Å². The molecule has 1 aromatic rings. The summed E-state index contributed by atoms with van der Waals surface area (Å²) >= 11 is 0. The van der Waals surface area contributed by atoms with Gasteiger partial charge in [0.15, 0.2) is 0 Å². The average Bonchev–Trinajstić information content (AvgIpc) is 2.23. The van der Waals surface area contributed by atoms with Gasteiger partial charge >= 0.3 is 0 Å². The van der Waals surface area contributed by atoms with Crippen molar-refractivity contribution in [2.75, 3.05) is 5.73 Å². The van der Waals surface area contributed by atoms with Crippen LogP contribution < -0.4 is 5.73 Å². The van der Waals surface area contributed by atoms with Gasteiger partial charge in [-0.3, -0.25) is 4.79 Å². The van der Waals surface area contributed by atoms with E-state index in [1.165, 1.54) is 11.1 Å². The van der Waals surface area contributed by atoms with Crippen LogP contribution in [0.2, 0.25) is 0 Å². The second-order valence-corrected chi connectivity index (χ2v) is 6.78. The first-order valence-electron chi connectivity index (χ1n) is 6.57. The molecule has 0 radical (unpaired) electrons. The molecule has 106 valence electrons. The summed E-state index contributed by atoms with van der Waals surface area (Å²) < 4.78 is 0. The molecule has 0 spiro atoms. The van der Waals surface area contributed by atoms with Crippen molar-refractivity contribution < 1.29 is 4.79 Å². The smallest absolute Gasteiger partial charge is 0.133 e. The predicted molar refractivity (Wildman–Crippen MR) is 82.9 cm³/mol. The molecule has 0 amide bonds. The van der Waals surface area contributed by atoms with Gasteiger partial charge < -0.3 is 5.73 Å². The molecule has 0 fully saturated rings. The Kier molecular flexibility index (Phi) is 4.07. The lowest BCUT2D eigenvalue weighted by atomic mass is 9.57. The van der Waals surface area contributed by atoms with E-state index in [4.69, 9.17) is 5.73 Å². The summed E-state index contributed by atoms with van der Waals surface area (Å²) in [6.45, 7) is 10.5. The molecule has 0 bridgehead atoms. The van der Waals surface area contributed by atoms with E-state index in [9.17, 15) is 4.79 Å². The Morgan fingerprint density at radius 1 is 1.21 bits per heavy atom. The van der Waals surface area contributed by atoms with Crippen LogP contribution in [0.4, 0.5) is 5.69 Å². The molecule has 0 saturated carbocycles. The van der Waals surface area contributed by atoms with Crippen molar-refractivity contribution in [2.45, 2.75) is 51.9 Å². The quantitative estimate of drug-likeness (QED) is 0.795. The SMILES string of the molecule is CC(=O)C1CC(C)(C)c2cc(N)ccc2C1(C)C.Cl. The van der Waals surface area contributed by atoms with Crippen LogP contribution in [0.3, 0.4) is 0 Å². The van der Waals surface area contributed by atoms with Gasteiger partial charge in [-0.15, -0.1) is 12.4 Å². The fourth-order valence-corrected chi connectivity index (χ4v) is 3.40. The van der Waals surface area contributed by atoms with Crippen LogP contribution in [0.25, 0.3) is 0 Å². The van der Waals surface area contributed by atoms with Gasteiger partial charge in [0.2, 0.25) is 0 Å². The van der Waals surface area contributed by atoms with Gasteiger partial charge in [0.25, 0.3) is 0 Å². The van der Waals surface area contributed by atoms with Crippen LogP contribution in [0.5, 0.6) is 0 Å². The standard InChI is InChI=1S/C16H23NO.ClH/c1-10(18)14-9-15(2,3)13-8-11(17)6-7-12(13)16(14,4)5;/h6-8,14H,9,17H2,1-5H3;1H. The van der Waals surface area contributed by atoms with E-state index in [-0.39, 0.29) is 34.9 Å². The number of anilines is 1. The number of nitrogens with two attached hydrogens (primary N) is 1. The van der Waals surface area contributed by atoms with Crippen LogP contribution in [0.1, 0.15) is 52.2 Å². The highest BCUT2D eigenvalue weighted by molar-refractivity contribution is 5.85. The Morgan fingerprint density at radius 2 is 1.79 bits per heavy atom. The maximum absolute atomic E-state index is 12.0. The molecular formula is C16H24ClNO. The van der Waals surface area contributed by atoms with E-state index in [1.807, 2.05) is 6.07 Å². The molecule has 1 aromatic carbocycles. The number of hydrogen-bond donors (Lipinski definition) is 1. The van der Waals surface area contributed by atoms with Crippen LogP contribution in [0, 0.1) is 5.92 Å². The molecule has 1 unspecified atom stereocenters. The molecule has 1 aliphatic carbocycles. The lowest BCUT2D eigenvalue weighted by Crippen LogP contribution is -2.44. The molecule has 1 aliphatic rings. The number of halogens is 1. The highest BCUT2D eigenvalue weighted by Gasteiger charge is 2.45. The number of fused-ring (bicyclic) bond motifs is 1. The fraction of sp³-hybridized carbons (Fsp3) is 0.562. The van der Waals surface area contributed by atoms with Crippen molar-refractivity contribution in [3.8, 4) is 0 Å². The van der Waals surface area contributed by atoms with Crippen LogP contribution >= 0.6 is 12.4 Å². The topological polar surface area (TPSA) is 43.1 Å². The lowest BCUT2D eigenvalue weighted by Gasteiger charge is -2.46. The zero-order valence-corrected chi connectivity index (χ0v) is 13.2. The number of carbonyl (C=O) groups is 1. The minimum Gasteiger partial charge on any atom is -0.399 e. The fourth-order valence-electron chi connectivity index (χ4n) is 3.40. The minimum absolute atomic E-state index is 0. The molecule has 2 nitrogen and oxygen atoms in total. The molecule has 19 heavy (non-hydrogen) atoms. The summed E-state index contributed by atoms with van der Waals surface area (Å²) in [5.41, 5.74) is 9.20. The predicted octanol–water partition coefficient (Wildman–Crippen LogP) is 3.85. The first kappa shape index (κ1) is 16.0. The van der Waals surface area contributed by atoms with Crippen molar-refractivity contribution >= 4 is 23.9 Å². The van der Waals surface area contributed by atoms with Gasteiger partial charge in [0.1, 0.15) is 5.78 Å². The number of nitrogen functional groups attached to an aromatic ring is 1. The van der Waals surface area contributed by atoms with Crippen LogP contribution in [-0.4, -0.2) is 5.78 Å². The number of rotatable bonds is 1. The third-order valence-corrected chi connectivity index (χ3v) is 4.54. The molecular weight excluding hydrogens is 258 g/mol. The third kappa shape index (κ3) is 2.51. The van der Waals surface area contributed by atoms with E-state index in [0.29, 0.717) is 0 Å². The van der Waals surface area contributed by atoms with E-state index < -0.39 is 0 Å². The number of ketones is 1. The molecule has 0 aliphatic heterocycles. The highest BCUT2D eigenvalue weighted by atomic mass is 35.5. The Balaban J connectivity index is 0.00000180. The monoisotopic (exact) mass is 281 g/mol. The van der Waals surface area contributed by atoms with E-state index in [1.54, 1.807) is 6.92 Å². The first-order chi connectivity index (χ1) is 8.16. The van der Waals surface area contributed by atoms with Gasteiger partial charge in [-0.2, -0.15) is 0 Å². The number of carbonyl (C=O) groups excluding carboxylic acids is 1. The van der Waals surface area contributed by atoms with Gasteiger partial charge in [-0.05, 0) is 47.4 Å². The normalized spacial score (nSPS) is 23.1. The molecule has 2 N–H and O–H groups in total. The summed E-state index contributed by atoms with van der Waals surface area (Å²) in [7, 11) is 0. The van der Waals surface area contributed by atoms with Gasteiger partial charge in [-0.25, -0.2) is 0 Å². The Morgan fingerprint density at radius 3 is 2.32 bits per heavy atom. The summed E-state index contributed by atoms with van der Waals surface area (Å²) in [4.78, 5) is 12.0. The average molecular weight is 282 g/mol.